The smallest absolute Gasteiger partial charge is 0.243 e. The molecule has 0 fully saturated rings. The Morgan fingerprint density at radius 3 is 2.36 bits per heavy atom. The van der Waals surface area contributed by atoms with Crippen molar-refractivity contribution in [1.82, 2.24) is 4.90 Å². The van der Waals surface area contributed by atoms with E-state index >= 15 is 0 Å². The highest BCUT2D eigenvalue weighted by Crippen LogP contribution is 2.14. The minimum absolute atomic E-state index is 0. The van der Waals surface area contributed by atoms with Crippen molar-refractivity contribution in [3.8, 4) is 5.75 Å². The third-order valence-corrected chi connectivity index (χ3v) is 3.80. The lowest BCUT2D eigenvalue weighted by Gasteiger charge is -2.21. The minimum atomic E-state index is -0.659. The van der Waals surface area contributed by atoms with Gasteiger partial charge in [0.25, 0.3) is 0 Å². The van der Waals surface area contributed by atoms with Gasteiger partial charge in [-0.15, -0.1) is 12.4 Å². The average Bonchev–Trinajstić information content (AvgIpc) is 2.59. The van der Waals surface area contributed by atoms with Gasteiger partial charge in [-0.25, -0.2) is 4.39 Å². The number of nitrogens with zero attached hydrogens (tertiary/aromatic N) is 1. The Morgan fingerprint density at radius 1 is 1.16 bits per heavy atom. The first kappa shape index (κ1) is 20.9. The first-order valence-corrected chi connectivity index (χ1v) is 7.93. The summed E-state index contributed by atoms with van der Waals surface area (Å²) in [6, 6.07) is 12.9. The van der Waals surface area contributed by atoms with Gasteiger partial charge in [-0.05, 0) is 43.2 Å². The molecule has 0 spiro atoms. The van der Waals surface area contributed by atoms with Crippen molar-refractivity contribution in [1.29, 1.82) is 0 Å². The molecule has 6 heteroatoms. The normalized spacial score (nSPS) is 11.4. The number of carbonyl (C=O) groups excluding carboxylic acids is 1. The lowest BCUT2D eigenvalue weighted by molar-refractivity contribution is -0.131. The van der Waals surface area contributed by atoms with Crippen LogP contribution in [-0.4, -0.2) is 31.0 Å². The Hall–Kier alpha value is -2.11. The van der Waals surface area contributed by atoms with Gasteiger partial charge in [-0.2, -0.15) is 0 Å². The number of aryl methyl sites for hydroxylation is 1. The monoisotopic (exact) mass is 366 g/mol. The van der Waals surface area contributed by atoms with Gasteiger partial charge < -0.3 is 15.4 Å². The average molecular weight is 367 g/mol. The fraction of sp³-hybridized carbons (Fsp3) is 0.316. The van der Waals surface area contributed by atoms with E-state index in [4.69, 9.17) is 10.5 Å². The Balaban J connectivity index is 0.00000312. The zero-order valence-electron chi connectivity index (χ0n) is 14.4. The van der Waals surface area contributed by atoms with Crippen LogP contribution < -0.4 is 10.5 Å². The molecule has 0 bridgehead atoms. The molecule has 2 aromatic rings. The number of likely N-dealkylation sites (N-methyl/N-ethyl adjacent to an activating group) is 1. The largest absolute Gasteiger partial charge is 0.494 e. The van der Waals surface area contributed by atoms with Crippen LogP contribution in [0.4, 0.5) is 4.39 Å². The highest BCUT2D eigenvalue weighted by Gasteiger charge is 2.19. The van der Waals surface area contributed by atoms with Gasteiger partial charge in [0.1, 0.15) is 17.6 Å². The summed E-state index contributed by atoms with van der Waals surface area (Å²) in [5.41, 5.74) is 7.98. The fourth-order valence-electron chi connectivity index (χ4n) is 2.29. The number of amides is 1. The number of rotatable bonds is 7. The molecule has 4 nitrogen and oxygen atoms in total. The van der Waals surface area contributed by atoms with Crippen LogP contribution in [0.5, 0.6) is 5.75 Å². The molecule has 136 valence electrons. The maximum atomic E-state index is 12.8. The molecule has 1 unspecified atom stereocenters. The van der Waals surface area contributed by atoms with Crippen LogP contribution in [0, 0.1) is 12.7 Å². The summed E-state index contributed by atoms with van der Waals surface area (Å²) in [6.45, 7) is 2.98. The number of halogens is 2. The van der Waals surface area contributed by atoms with Crippen molar-refractivity contribution in [3.63, 3.8) is 0 Å². The van der Waals surface area contributed by atoms with Gasteiger partial charge in [-0.3, -0.25) is 4.79 Å². The quantitative estimate of drug-likeness (QED) is 0.763. The van der Waals surface area contributed by atoms with Gasteiger partial charge in [-0.1, -0.05) is 29.8 Å². The SMILES string of the molecule is Cc1ccc(C(N)C(=O)N(C)CCCOc2ccc(F)cc2)cc1.Cl. The highest BCUT2D eigenvalue weighted by molar-refractivity contribution is 5.85. The molecule has 1 atom stereocenters. The van der Waals surface area contributed by atoms with E-state index in [9.17, 15) is 9.18 Å². The summed E-state index contributed by atoms with van der Waals surface area (Å²) >= 11 is 0. The van der Waals surface area contributed by atoms with E-state index in [2.05, 4.69) is 0 Å². The Bertz CT molecular complexity index is 662. The number of hydrogen-bond acceptors (Lipinski definition) is 3. The fourth-order valence-corrected chi connectivity index (χ4v) is 2.29. The van der Waals surface area contributed by atoms with Crippen molar-refractivity contribution >= 4 is 18.3 Å². The number of ether oxygens (including phenoxy) is 1. The van der Waals surface area contributed by atoms with Crippen LogP contribution in [0.15, 0.2) is 48.5 Å². The van der Waals surface area contributed by atoms with Crippen LogP contribution in [-0.2, 0) is 4.79 Å². The summed E-state index contributed by atoms with van der Waals surface area (Å²) in [4.78, 5) is 14.0. The molecule has 2 rings (SSSR count). The van der Waals surface area contributed by atoms with Gasteiger partial charge >= 0.3 is 0 Å². The zero-order valence-corrected chi connectivity index (χ0v) is 15.3. The van der Waals surface area contributed by atoms with Crippen LogP contribution in [0.25, 0.3) is 0 Å². The van der Waals surface area contributed by atoms with Gasteiger partial charge in [0.15, 0.2) is 0 Å². The second-order valence-electron chi connectivity index (χ2n) is 5.80. The predicted octanol–water partition coefficient (Wildman–Crippen LogP) is 3.48. The molecule has 0 radical (unpaired) electrons. The molecule has 25 heavy (non-hydrogen) atoms. The third kappa shape index (κ3) is 6.36. The Morgan fingerprint density at radius 2 is 1.76 bits per heavy atom. The molecule has 0 aliphatic rings. The molecule has 2 aromatic carbocycles. The van der Waals surface area contributed by atoms with E-state index in [0.29, 0.717) is 25.3 Å². The Labute approximate surface area is 154 Å². The predicted molar refractivity (Wildman–Crippen MR) is 99.5 cm³/mol. The first-order chi connectivity index (χ1) is 11.5. The Kier molecular flexibility index (Phi) is 8.38. The topological polar surface area (TPSA) is 55.6 Å². The summed E-state index contributed by atoms with van der Waals surface area (Å²) in [6.07, 6.45) is 0.667. The van der Waals surface area contributed by atoms with Crippen LogP contribution in [0.3, 0.4) is 0 Å². The molecule has 0 heterocycles. The highest BCUT2D eigenvalue weighted by atomic mass is 35.5. The molecular weight excluding hydrogens is 343 g/mol. The summed E-state index contributed by atoms with van der Waals surface area (Å²) in [5.74, 6) is 0.195. The van der Waals surface area contributed by atoms with Gasteiger partial charge in [0, 0.05) is 13.6 Å². The van der Waals surface area contributed by atoms with Crippen molar-refractivity contribution in [2.75, 3.05) is 20.2 Å². The summed E-state index contributed by atoms with van der Waals surface area (Å²) in [5, 5.41) is 0. The molecule has 1 amide bonds. The van der Waals surface area contributed by atoms with Crippen molar-refractivity contribution in [2.24, 2.45) is 5.73 Å². The molecule has 0 aliphatic carbocycles. The van der Waals surface area contributed by atoms with Crippen LogP contribution >= 0.6 is 12.4 Å². The van der Waals surface area contributed by atoms with Gasteiger partial charge in [0.2, 0.25) is 5.91 Å². The molecular formula is C19H24ClFN2O2. The third-order valence-electron chi connectivity index (χ3n) is 3.80. The van der Waals surface area contributed by atoms with E-state index in [0.717, 1.165) is 11.1 Å². The lowest BCUT2D eigenvalue weighted by atomic mass is 10.0. The second-order valence-corrected chi connectivity index (χ2v) is 5.80. The van der Waals surface area contributed by atoms with E-state index in [1.807, 2.05) is 31.2 Å². The molecule has 0 saturated heterocycles. The van der Waals surface area contributed by atoms with Crippen LogP contribution in [0.1, 0.15) is 23.6 Å². The lowest BCUT2D eigenvalue weighted by Crippen LogP contribution is -2.36. The number of carbonyl (C=O) groups is 1. The number of nitrogens with two attached hydrogens (primary N) is 1. The molecule has 0 aromatic heterocycles. The number of hydrogen-bond donors (Lipinski definition) is 1. The molecule has 0 aliphatic heterocycles. The standard InChI is InChI=1S/C19H23FN2O2.ClH/c1-14-4-6-15(7-5-14)18(21)19(23)22(2)12-3-13-24-17-10-8-16(20)9-11-17;/h4-11,18H,3,12-13,21H2,1-2H3;1H. The first-order valence-electron chi connectivity index (χ1n) is 7.93. The number of benzene rings is 2. The van der Waals surface area contributed by atoms with Gasteiger partial charge in [0.05, 0.1) is 6.61 Å². The van der Waals surface area contributed by atoms with Crippen molar-refractivity contribution in [3.05, 3.63) is 65.5 Å². The molecule has 0 saturated carbocycles. The van der Waals surface area contributed by atoms with Crippen molar-refractivity contribution < 1.29 is 13.9 Å². The maximum absolute atomic E-state index is 12.8. The zero-order chi connectivity index (χ0) is 17.5. The second kappa shape index (κ2) is 10.0. The minimum Gasteiger partial charge on any atom is -0.494 e. The molecule has 2 N–H and O–H groups in total. The summed E-state index contributed by atoms with van der Waals surface area (Å²) in [7, 11) is 1.73. The van der Waals surface area contributed by atoms with Crippen molar-refractivity contribution in [2.45, 2.75) is 19.4 Å². The van der Waals surface area contributed by atoms with Crippen LogP contribution in [0.2, 0.25) is 0 Å². The van der Waals surface area contributed by atoms with E-state index in [1.165, 1.54) is 12.1 Å². The summed E-state index contributed by atoms with van der Waals surface area (Å²) < 4.78 is 18.3. The van der Waals surface area contributed by atoms with E-state index in [-0.39, 0.29) is 24.1 Å². The van der Waals surface area contributed by atoms with E-state index < -0.39 is 6.04 Å². The maximum Gasteiger partial charge on any atom is 0.243 e. The van der Waals surface area contributed by atoms with E-state index in [1.54, 1.807) is 24.1 Å².